The van der Waals surface area contributed by atoms with E-state index in [1.54, 1.807) is 0 Å². The quantitative estimate of drug-likeness (QED) is 0.140. The first-order valence-electron chi connectivity index (χ1n) is 15.0. The smallest absolute Gasteiger partial charge is 0.342 e. The molecule has 3 rings (SSSR count). The van der Waals surface area contributed by atoms with Crippen molar-refractivity contribution < 1.29 is 28.2 Å². The number of ether oxygens (including phenoxy) is 2. The van der Waals surface area contributed by atoms with Gasteiger partial charge in [0.25, 0.3) is 0 Å². The molecule has 0 saturated carbocycles. The molecule has 0 radical (unpaired) electrons. The Morgan fingerprint density at radius 1 is 0.614 bits per heavy atom. The molecule has 0 amide bonds. The van der Waals surface area contributed by atoms with Crippen LogP contribution in [0.4, 0.5) is 0 Å². The van der Waals surface area contributed by atoms with Crippen molar-refractivity contribution in [3.8, 4) is 0 Å². The van der Waals surface area contributed by atoms with Crippen LogP contribution in [0.5, 0.6) is 0 Å². The highest BCUT2D eigenvalue weighted by Gasteiger charge is 2.37. The van der Waals surface area contributed by atoms with Crippen LogP contribution < -0.4 is 10.2 Å². The van der Waals surface area contributed by atoms with Crippen LogP contribution in [0, 0.1) is 10.8 Å². The number of hydrogen-bond acceptors (Lipinski definition) is 6. The predicted octanol–water partition coefficient (Wildman–Crippen LogP) is 6.89. The monoisotopic (exact) mass is 622 g/mol. The Balaban J connectivity index is 1.96. The minimum absolute atomic E-state index is 0.0255. The van der Waals surface area contributed by atoms with Gasteiger partial charge >= 0.3 is 19.6 Å². The summed E-state index contributed by atoms with van der Waals surface area (Å²) >= 11 is 0. The second kappa shape index (κ2) is 16.1. The maximum absolute atomic E-state index is 14.7. The topological polar surface area (TPSA) is 103 Å². The Hall–Kier alpha value is -3.29. The molecule has 2 N–H and O–H groups in total. The van der Waals surface area contributed by atoms with Crippen molar-refractivity contribution >= 4 is 19.6 Å². The lowest BCUT2D eigenvalue weighted by molar-refractivity contribution is -0.148. The van der Waals surface area contributed by atoms with Crippen LogP contribution in [0.25, 0.3) is 0 Å². The lowest BCUT2D eigenvalue weighted by atomic mass is 9.98. The molecule has 3 aromatic carbocycles. The van der Waals surface area contributed by atoms with E-state index in [9.17, 15) is 14.2 Å². The molecule has 0 bridgehead atoms. The molecule has 3 aromatic rings. The van der Waals surface area contributed by atoms with Crippen LogP contribution in [-0.4, -0.2) is 37.2 Å². The molecule has 2 atom stereocenters. The van der Waals surface area contributed by atoms with E-state index in [-0.39, 0.29) is 43.5 Å². The Morgan fingerprint density at radius 2 is 0.955 bits per heavy atom. The maximum Gasteiger partial charge on any atom is 0.342 e. The fourth-order valence-corrected chi connectivity index (χ4v) is 5.87. The molecule has 0 aliphatic rings. The average Bonchev–Trinajstić information content (AvgIpc) is 2.98. The first kappa shape index (κ1) is 35.2. The van der Waals surface area contributed by atoms with Gasteiger partial charge in [-0.3, -0.25) is 14.2 Å². The van der Waals surface area contributed by atoms with Gasteiger partial charge in [-0.1, -0.05) is 133 Å². The van der Waals surface area contributed by atoms with E-state index in [0.717, 1.165) is 16.7 Å². The highest BCUT2D eigenvalue weighted by atomic mass is 31.2. The van der Waals surface area contributed by atoms with Gasteiger partial charge < -0.3 is 14.0 Å². The molecule has 238 valence electrons. The van der Waals surface area contributed by atoms with Crippen LogP contribution in [-0.2, 0) is 47.6 Å². The van der Waals surface area contributed by atoms with Gasteiger partial charge in [0, 0.05) is 0 Å². The zero-order valence-corrected chi connectivity index (χ0v) is 27.6. The highest BCUT2D eigenvalue weighted by Crippen LogP contribution is 2.41. The van der Waals surface area contributed by atoms with Crippen LogP contribution in [0.1, 0.15) is 58.2 Å². The number of rotatable bonds is 15. The molecule has 0 fully saturated rings. The fourth-order valence-electron chi connectivity index (χ4n) is 4.10. The second-order valence-corrected chi connectivity index (χ2v) is 15.3. The van der Waals surface area contributed by atoms with E-state index in [0.29, 0.717) is 0 Å². The van der Waals surface area contributed by atoms with Crippen molar-refractivity contribution in [2.45, 2.75) is 73.1 Å². The van der Waals surface area contributed by atoms with E-state index in [1.165, 1.54) is 0 Å². The molecule has 9 heteroatoms. The number of esters is 2. The average molecular weight is 623 g/mol. The number of hydrogen-bond donors (Lipinski definition) is 2. The van der Waals surface area contributed by atoms with E-state index < -0.39 is 31.7 Å². The minimum atomic E-state index is -4.11. The molecule has 44 heavy (non-hydrogen) atoms. The molecule has 0 heterocycles. The molecular weight excluding hydrogens is 575 g/mol. The summed E-state index contributed by atoms with van der Waals surface area (Å²) in [5.41, 5.74) is 1.93. The van der Waals surface area contributed by atoms with Gasteiger partial charge in [0.15, 0.2) is 0 Å². The van der Waals surface area contributed by atoms with Crippen molar-refractivity contribution in [2.75, 3.05) is 13.2 Å². The van der Waals surface area contributed by atoms with Crippen molar-refractivity contribution in [1.82, 2.24) is 10.2 Å². The molecule has 0 spiro atoms. The zero-order chi connectivity index (χ0) is 32.2. The minimum Gasteiger partial charge on any atom is -0.464 e. The predicted molar refractivity (Wildman–Crippen MR) is 174 cm³/mol. The van der Waals surface area contributed by atoms with Crippen LogP contribution in [0.15, 0.2) is 91.0 Å². The number of carbonyl (C=O) groups is 2. The fraction of sp³-hybridized carbons (Fsp3) is 0.429. The van der Waals surface area contributed by atoms with Gasteiger partial charge in [0.1, 0.15) is 12.1 Å². The van der Waals surface area contributed by atoms with E-state index >= 15 is 0 Å². The Kier molecular flexibility index (Phi) is 12.9. The third-order valence-corrected chi connectivity index (χ3v) is 8.13. The van der Waals surface area contributed by atoms with Crippen molar-refractivity contribution in [3.05, 3.63) is 108 Å². The summed E-state index contributed by atoms with van der Waals surface area (Å²) < 4.78 is 32.2. The molecular formula is C35H47N2O6P. The lowest BCUT2D eigenvalue weighted by Crippen LogP contribution is -2.46. The molecule has 0 aliphatic carbocycles. The van der Waals surface area contributed by atoms with Crippen molar-refractivity contribution in [1.29, 1.82) is 0 Å². The van der Waals surface area contributed by atoms with Crippen LogP contribution in [0.3, 0.4) is 0 Å². The molecule has 0 aromatic heterocycles. The lowest BCUT2D eigenvalue weighted by Gasteiger charge is -2.30. The first-order chi connectivity index (χ1) is 20.7. The molecule has 8 nitrogen and oxygen atoms in total. The van der Waals surface area contributed by atoms with Gasteiger partial charge in [-0.15, -0.1) is 0 Å². The number of benzene rings is 3. The first-order valence-corrected chi connectivity index (χ1v) is 16.6. The summed E-state index contributed by atoms with van der Waals surface area (Å²) in [5.74, 6) is -1.13. The van der Waals surface area contributed by atoms with Crippen LogP contribution in [0.2, 0.25) is 0 Å². The SMILES string of the molecule is CC(C)(C)COC(=O)C(Cc1ccccc1)NP(=O)(NC(Cc1ccccc1)C(=O)OCC(C)(C)C)OCc1ccccc1. The largest absolute Gasteiger partial charge is 0.464 e. The van der Waals surface area contributed by atoms with Gasteiger partial charge in [0.05, 0.1) is 19.8 Å². The Bertz CT molecular complexity index is 1270. The summed E-state index contributed by atoms with van der Waals surface area (Å²) in [4.78, 5) is 27.0. The third-order valence-electron chi connectivity index (χ3n) is 6.34. The van der Waals surface area contributed by atoms with Crippen molar-refractivity contribution in [2.24, 2.45) is 10.8 Å². The summed E-state index contributed by atoms with van der Waals surface area (Å²) in [5, 5.41) is 5.94. The Labute approximate surface area is 262 Å². The third kappa shape index (κ3) is 13.1. The van der Waals surface area contributed by atoms with Gasteiger partial charge in [-0.2, -0.15) is 0 Å². The summed E-state index contributed by atoms with van der Waals surface area (Å²) in [6.07, 6.45) is 0.393. The number of carbonyl (C=O) groups excluding carboxylic acids is 2. The maximum atomic E-state index is 14.7. The van der Waals surface area contributed by atoms with E-state index in [2.05, 4.69) is 10.2 Å². The van der Waals surface area contributed by atoms with Gasteiger partial charge in [-0.05, 0) is 40.4 Å². The standard InChI is InChI=1S/C35H47N2O6P/c1-34(2,3)25-41-32(38)30(22-27-16-10-7-11-17-27)36-44(40,43-24-29-20-14-9-15-21-29)37-31(23-28-18-12-8-13-19-28)33(39)42-26-35(4,5)6/h7-21,30-31H,22-26H2,1-6H3,(H2,36,37,40). The summed E-state index contributed by atoms with van der Waals surface area (Å²) in [7, 11) is -4.11. The summed E-state index contributed by atoms with van der Waals surface area (Å²) in [6, 6.07) is 26.0. The second-order valence-electron chi connectivity index (χ2n) is 13.4. The van der Waals surface area contributed by atoms with E-state index in [1.807, 2.05) is 133 Å². The Morgan fingerprint density at radius 3 is 1.30 bits per heavy atom. The molecule has 0 aliphatic heterocycles. The highest BCUT2D eigenvalue weighted by molar-refractivity contribution is 7.54. The van der Waals surface area contributed by atoms with Crippen molar-refractivity contribution in [3.63, 3.8) is 0 Å². The van der Waals surface area contributed by atoms with Gasteiger partial charge in [0.2, 0.25) is 0 Å². The normalized spacial score (nSPS) is 14.7. The van der Waals surface area contributed by atoms with Crippen LogP contribution >= 0.6 is 7.67 Å². The molecule has 0 saturated heterocycles. The number of nitrogens with one attached hydrogen (secondary N) is 2. The molecule has 2 unspecified atom stereocenters. The van der Waals surface area contributed by atoms with E-state index in [4.69, 9.17) is 14.0 Å². The zero-order valence-electron chi connectivity index (χ0n) is 26.7. The van der Waals surface area contributed by atoms with Gasteiger partial charge in [-0.25, -0.2) is 10.2 Å². The summed E-state index contributed by atoms with van der Waals surface area (Å²) in [6.45, 7) is 12.1.